The number of carbonyl (C=O) groups excluding carboxylic acids is 2. The molecule has 0 radical (unpaired) electrons. The van der Waals surface area contributed by atoms with E-state index in [-0.39, 0.29) is 23.6 Å². The molecule has 1 aliphatic rings. The lowest BCUT2D eigenvalue weighted by molar-refractivity contribution is 0.0475. The van der Waals surface area contributed by atoms with Crippen molar-refractivity contribution in [1.82, 2.24) is 0 Å². The fourth-order valence-electron chi connectivity index (χ4n) is 3.60. The Morgan fingerprint density at radius 2 is 1.69 bits per heavy atom. The summed E-state index contributed by atoms with van der Waals surface area (Å²) in [6.07, 6.45) is 7.21. The maximum absolute atomic E-state index is 12.4. The van der Waals surface area contributed by atoms with Gasteiger partial charge in [0, 0.05) is 11.3 Å². The third-order valence-electron chi connectivity index (χ3n) is 5.05. The Morgan fingerprint density at radius 3 is 2.34 bits per heavy atom. The maximum Gasteiger partial charge on any atom is 0.338 e. The molecular weight excluding hydrogens is 390 g/mol. The van der Waals surface area contributed by atoms with E-state index in [1.165, 1.54) is 61.9 Å². The van der Waals surface area contributed by atoms with E-state index < -0.39 is 16.0 Å². The third kappa shape index (κ3) is 6.15. The molecule has 2 aromatic rings. The van der Waals surface area contributed by atoms with Crippen molar-refractivity contribution in [1.29, 1.82) is 0 Å². The summed E-state index contributed by atoms with van der Waals surface area (Å²) in [5, 5.41) is 0. The van der Waals surface area contributed by atoms with E-state index in [2.05, 4.69) is 4.72 Å². The number of hydrogen-bond donors (Lipinski definition) is 1. The Kier molecular flexibility index (Phi) is 6.69. The maximum atomic E-state index is 12.4. The minimum absolute atomic E-state index is 0.166. The molecule has 3 rings (SSSR count). The molecule has 1 N–H and O–H groups in total. The average Bonchev–Trinajstić information content (AvgIpc) is 2.71. The Bertz CT molecular complexity index is 977. The van der Waals surface area contributed by atoms with Gasteiger partial charge < -0.3 is 4.74 Å². The van der Waals surface area contributed by atoms with Crippen LogP contribution in [-0.4, -0.2) is 33.0 Å². The third-order valence-corrected chi connectivity index (χ3v) is 5.65. The predicted molar refractivity (Wildman–Crippen MR) is 112 cm³/mol. The number of esters is 1. The second-order valence-corrected chi connectivity index (χ2v) is 9.16. The first-order valence-corrected chi connectivity index (χ1v) is 11.6. The van der Waals surface area contributed by atoms with Gasteiger partial charge in [0.05, 0.1) is 11.8 Å². The van der Waals surface area contributed by atoms with Crippen molar-refractivity contribution in [3.8, 4) is 0 Å². The number of carbonyl (C=O) groups is 2. The molecular formula is C22H25NO5S. The Morgan fingerprint density at radius 1 is 1.00 bits per heavy atom. The van der Waals surface area contributed by atoms with Crippen molar-refractivity contribution in [2.24, 2.45) is 0 Å². The highest BCUT2D eigenvalue weighted by molar-refractivity contribution is 7.92. The van der Waals surface area contributed by atoms with E-state index in [9.17, 15) is 18.0 Å². The molecule has 1 aliphatic carbocycles. The topological polar surface area (TPSA) is 89.5 Å². The van der Waals surface area contributed by atoms with E-state index in [0.717, 1.165) is 6.26 Å². The van der Waals surface area contributed by atoms with Crippen LogP contribution in [0.3, 0.4) is 0 Å². The van der Waals surface area contributed by atoms with Gasteiger partial charge in [-0.3, -0.25) is 9.52 Å². The molecule has 0 heterocycles. The van der Waals surface area contributed by atoms with Crippen molar-refractivity contribution < 1.29 is 22.7 Å². The molecule has 0 saturated heterocycles. The number of nitrogens with one attached hydrogen (secondary N) is 1. The van der Waals surface area contributed by atoms with Gasteiger partial charge in [0.2, 0.25) is 10.0 Å². The lowest BCUT2D eigenvalue weighted by Crippen LogP contribution is -2.15. The number of benzene rings is 2. The monoisotopic (exact) mass is 415 g/mol. The van der Waals surface area contributed by atoms with Gasteiger partial charge in [-0.25, -0.2) is 13.2 Å². The zero-order valence-corrected chi connectivity index (χ0v) is 17.2. The zero-order chi connectivity index (χ0) is 20.9. The summed E-state index contributed by atoms with van der Waals surface area (Å²) in [6.45, 7) is -0.370. The number of rotatable bonds is 7. The van der Waals surface area contributed by atoms with Crippen LogP contribution in [0.2, 0.25) is 0 Å². The molecule has 0 amide bonds. The summed E-state index contributed by atoms with van der Waals surface area (Å²) in [7, 11) is -3.45. The van der Waals surface area contributed by atoms with Gasteiger partial charge in [0.25, 0.3) is 0 Å². The first kappa shape index (κ1) is 21.0. The van der Waals surface area contributed by atoms with Crippen LogP contribution in [-0.2, 0) is 14.8 Å². The summed E-state index contributed by atoms with van der Waals surface area (Å²) < 4.78 is 30.0. The summed E-state index contributed by atoms with van der Waals surface area (Å²) in [4.78, 5) is 24.6. The summed E-state index contributed by atoms with van der Waals surface area (Å²) in [6, 6.07) is 13.5. The molecule has 1 saturated carbocycles. The van der Waals surface area contributed by atoms with Crippen LogP contribution in [0.1, 0.15) is 64.3 Å². The van der Waals surface area contributed by atoms with E-state index in [0.29, 0.717) is 11.5 Å². The van der Waals surface area contributed by atoms with Crippen LogP contribution in [0.15, 0.2) is 48.5 Å². The van der Waals surface area contributed by atoms with Crippen LogP contribution in [0.4, 0.5) is 5.69 Å². The molecule has 7 heteroatoms. The highest BCUT2D eigenvalue weighted by Crippen LogP contribution is 2.32. The predicted octanol–water partition coefficient (Wildman–Crippen LogP) is 4.15. The molecule has 0 unspecified atom stereocenters. The molecule has 0 atom stereocenters. The number of Topliss-reactive ketones (excluding diaryl/α,β-unsaturated/α-hetero) is 1. The fraction of sp³-hybridized carbons (Fsp3) is 0.364. The second kappa shape index (κ2) is 9.22. The molecule has 1 fully saturated rings. The molecule has 2 aromatic carbocycles. The molecule has 0 aliphatic heterocycles. The van der Waals surface area contributed by atoms with Gasteiger partial charge in [-0.1, -0.05) is 49.6 Å². The standard InChI is InChI=1S/C22H25NO5S/c1-29(26,27)23-20-9-5-8-19(14-20)22(25)28-15-21(24)18-12-10-17(11-13-18)16-6-3-2-4-7-16/h5,8-14,16,23H,2-4,6-7,15H2,1H3. The molecule has 154 valence electrons. The normalized spacial score (nSPS) is 14.9. The van der Waals surface area contributed by atoms with E-state index in [4.69, 9.17) is 4.74 Å². The number of hydrogen-bond acceptors (Lipinski definition) is 5. The van der Waals surface area contributed by atoms with Crippen LogP contribution in [0.5, 0.6) is 0 Å². The van der Waals surface area contributed by atoms with Crippen molar-refractivity contribution in [2.75, 3.05) is 17.6 Å². The van der Waals surface area contributed by atoms with Crippen molar-refractivity contribution in [3.05, 3.63) is 65.2 Å². The second-order valence-electron chi connectivity index (χ2n) is 7.41. The molecule has 29 heavy (non-hydrogen) atoms. The summed E-state index contributed by atoms with van der Waals surface area (Å²) in [5.74, 6) is -0.396. The minimum Gasteiger partial charge on any atom is -0.454 e. The van der Waals surface area contributed by atoms with E-state index in [1.807, 2.05) is 12.1 Å². The molecule has 6 nitrogen and oxygen atoms in total. The fourth-order valence-corrected chi connectivity index (χ4v) is 4.15. The average molecular weight is 416 g/mol. The van der Waals surface area contributed by atoms with Crippen LogP contribution in [0.25, 0.3) is 0 Å². The lowest BCUT2D eigenvalue weighted by Gasteiger charge is -2.22. The minimum atomic E-state index is -3.45. The zero-order valence-electron chi connectivity index (χ0n) is 16.4. The van der Waals surface area contributed by atoms with Gasteiger partial charge in [-0.2, -0.15) is 0 Å². The number of ether oxygens (including phenoxy) is 1. The van der Waals surface area contributed by atoms with Crippen molar-refractivity contribution in [2.45, 2.75) is 38.0 Å². The van der Waals surface area contributed by atoms with E-state index >= 15 is 0 Å². The SMILES string of the molecule is CS(=O)(=O)Nc1cccc(C(=O)OCC(=O)c2ccc(C3CCCCC3)cc2)c1. The quantitative estimate of drug-likeness (QED) is 0.542. The Labute approximate surface area is 171 Å². The van der Waals surface area contributed by atoms with Crippen LogP contribution < -0.4 is 4.72 Å². The molecule has 0 aromatic heterocycles. The summed E-state index contributed by atoms with van der Waals surface area (Å²) in [5.41, 5.74) is 2.18. The molecule has 0 spiro atoms. The van der Waals surface area contributed by atoms with E-state index in [1.54, 1.807) is 12.1 Å². The Hall–Kier alpha value is -2.67. The molecule has 0 bridgehead atoms. The summed E-state index contributed by atoms with van der Waals surface area (Å²) >= 11 is 0. The van der Waals surface area contributed by atoms with Crippen molar-refractivity contribution in [3.63, 3.8) is 0 Å². The highest BCUT2D eigenvalue weighted by Gasteiger charge is 2.17. The van der Waals surface area contributed by atoms with Gasteiger partial charge in [0.1, 0.15) is 0 Å². The first-order valence-electron chi connectivity index (χ1n) is 9.70. The highest BCUT2D eigenvalue weighted by atomic mass is 32.2. The van der Waals surface area contributed by atoms with Gasteiger partial charge in [-0.15, -0.1) is 0 Å². The number of sulfonamides is 1. The Balaban J connectivity index is 1.57. The van der Waals surface area contributed by atoms with Gasteiger partial charge in [-0.05, 0) is 42.5 Å². The van der Waals surface area contributed by atoms with Gasteiger partial charge >= 0.3 is 5.97 Å². The van der Waals surface area contributed by atoms with Gasteiger partial charge in [0.15, 0.2) is 12.4 Å². The smallest absolute Gasteiger partial charge is 0.338 e. The largest absolute Gasteiger partial charge is 0.454 e. The number of anilines is 1. The van der Waals surface area contributed by atoms with Crippen LogP contribution in [0, 0.1) is 0 Å². The van der Waals surface area contributed by atoms with Crippen molar-refractivity contribution >= 4 is 27.5 Å². The van der Waals surface area contributed by atoms with Crippen LogP contribution >= 0.6 is 0 Å². The number of ketones is 1. The first-order chi connectivity index (χ1) is 13.8. The lowest BCUT2D eigenvalue weighted by atomic mass is 9.84.